The second kappa shape index (κ2) is 7.70. The van der Waals surface area contributed by atoms with Gasteiger partial charge in [0.1, 0.15) is 11.4 Å². The van der Waals surface area contributed by atoms with Crippen LogP contribution < -0.4 is 5.32 Å². The summed E-state index contributed by atoms with van der Waals surface area (Å²) in [5.74, 6) is 0. The Labute approximate surface area is 142 Å². The van der Waals surface area contributed by atoms with Crippen molar-refractivity contribution < 1.29 is 0 Å². The highest BCUT2D eigenvalue weighted by molar-refractivity contribution is 5.60. The maximum atomic E-state index is 4.72. The highest BCUT2D eigenvalue weighted by Crippen LogP contribution is 2.20. The van der Waals surface area contributed by atoms with Gasteiger partial charge in [0.15, 0.2) is 0 Å². The van der Waals surface area contributed by atoms with Crippen LogP contribution in [0.15, 0.2) is 67.3 Å². The van der Waals surface area contributed by atoms with Crippen LogP contribution in [0.25, 0.3) is 11.3 Å². The first-order valence-corrected chi connectivity index (χ1v) is 8.13. The van der Waals surface area contributed by atoms with E-state index < -0.39 is 0 Å². The Morgan fingerprint density at radius 1 is 1.04 bits per heavy atom. The highest BCUT2D eigenvalue weighted by Gasteiger charge is 2.12. The van der Waals surface area contributed by atoms with Crippen molar-refractivity contribution in [3.05, 3.63) is 84.1 Å². The minimum Gasteiger partial charge on any atom is -0.308 e. The molecule has 1 aromatic heterocycles. The van der Waals surface area contributed by atoms with E-state index in [0.29, 0.717) is 13.1 Å². The Balaban J connectivity index is 1.87. The van der Waals surface area contributed by atoms with Gasteiger partial charge >= 0.3 is 0 Å². The summed E-state index contributed by atoms with van der Waals surface area (Å²) in [6, 6.07) is 18.7. The molecule has 0 fully saturated rings. The van der Waals surface area contributed by atoms with E-state index in [1.54, 1.807) is 4.80 Å². The molecule has 0 aliphatic carbocycles. The first-order valence-electron chi connectivity index (χ1n) is 8.13. The number of aryl methyl sites for hydroxylation is 1. The van der Waals surface area contributed by atoms with Crippen molar-refractivity contribution in [1.82, 2.24) is 20.3 Å². The summed E-state index contributed by atoms with van der Waals surface area (Å²) < 4.78 is 0. The molecule has 4 heteroatoms. The molecule has 0 bridgehead atoms. The molecule has 4 nitrogen and oxygen atoms in total. The molecule has 0 saturated heterocycles. The minimum atomic E-state index is 0.668. The van der Waals surface area contributed by atoms with Crippen molar-refractivity contribution in [1.29, 1.82) is 0 Å². The summed E-state index contributed by atoms with van der Waals surface area (Å²) in [5.41, 5.74) is 5.42. The van der Waals surface area contributed by atoms with Gasteiger partial charge in [-0.25, -0.2) is 0 Å². The summed E-state index contributed by atoms with van der Waals surface area (Å²) in [7, 11) is 0. The molecule has 0 radical (unpaired) electrons. The van der Waals surface area contributed by atoms with Gasteiger partial charge in [0.2, 0.25) is 0 Å². The molecule has 0 saturated carbocycles. The smallest absolute Gasteiger partial charge is 0.117 e. The van der Waals surface area contributed by atoms with Gasteiger partial charge < -0.3 is 5.32 Å². The second-order valence-corrected chi connectivity index (χ2v) is 5.80. The first kappa shape index (κ1) is 16.1. The normalized spacial score (nSPS) is 10.7. The van der Waals surface area contributed by atoms with Gasteiger partial charge in [-0.05, 0) is 12.5 Å². The van der Waals surface area contributed by atoms with Crippen molar-refractivity contribution in [2.45, 2.75) is 20.0 Å². The number of nitrogens with zero attached hydrogens (tertiary/aromatic N) is 3. The van der Waals surface area contributed by atoms with Crippen LogP contribution in [-0.2, 0) is 13.1 Å². The average Bonchev–Trinajstić information content (AvgIpc) is 3.01. The van der Waals surface area contributed by atoms with Crippen molar-refractivity contribution in [3.8, 4) is 11.3 Å². The molecule has 0 aliphatic rings. The molecule has 0 atom stereocenters. The zero-order chi connectivity index (χ0) is 16.8. The minimum absolute atomic E-state index is 0.668. The summed E-state index contributed by atoms with van der Waals surface area (Å²) in [5, 5.41) is 12.7. The number of rotatable bonds is 7. The fourth-order valence-electron chi connectivity index (χ4n) is 2.54. The van der Waals surface area contributed by atoms with E-state index in [1.165, 1.54) is 11.1 Å². The third-order valence-corrected chi connectivity index (χ3v) is 3.80. The van der Waals surface area contributed by atoms with Gasteiger partial charge in [0, 0.05) is 18.7 Å². The molecule has 2 aromatic carbocycles. The Morgan fingerprint density at radius 2 is 1.79 bits per heavy atom. The average molecular weight is 318 g/mol. The fraction of sp³-hybridized carbons (Fsp3) is 0.200. The molecule has 1 N–H and O–H groups in total. The lowest BCUT2D eigenvalue weighted by atomic mass is 10.1. The van der Waals surface area contributed by atoms with Crippen LogP contribution >= 0.6 is 0 Å². The van der Waals surface area contributed by atoms with Gasteiger partial charge in [-0.15, -0.1) is 6.58 Å². The van der Waals surface area contributed by atoms with E-state index in [4.69, 9.17) is 5.10 Å². The number of hydrogen-bond donors (Lipinski definition) is 1. The van der Waals surface area contributed by atoms with Crippen molar-refractivity contribution >= 4 is 0 Å². The van der Waals surface area contributed by atoms with Crippen LogP contribution in [0.4, 0.5) is 0 Å². The van der Waals surface area contributed by atoms with Crippen LogP contribution in [0.2, 0.25) is 0 Å². The maximum Gasteiger partial charge on any atom is 0.117 e. The Bertz CT molecular complexity index is 788. The largest absolute Gasteiger partial charge is 0.308 e. The molecular formula is C20H22N4. The Morgan fingerprint density at radius 3 is 2.50 bits per heavy atom. The molecular weight excluding hydrogens is 296 g/mol. The zero-order valence-electron chi connectivity index (χ0n) is 13.9. The monoisotopic (exact) mass is 318 g/mol. The van der Waals surface area contributed by atoms with Crippen LogP contribution in [-0.4, -0.2) is 21.5 Å². The van der Waals surface area contributed by atoms with E-state index in [-0.39, 0.29) is 0 Å². The third-order valence-electron chi connectivity index (χ3n) is 3.80. The standard InChI is InChI=1S/C20H22N4/c1-3-13-21-14-19-20(18-7-5-4-6-8-18)23-24(22-19)15-17-11-9-16(2)10-12-17/h3-12,21H,1,13-15H2,2H3. The Hall–Kier alpha value is -2.72. The zero-order valence-corrected chi connectivity index (χ0v) is 13.9. The summed E-state index contributed by atoms with van der Waals surface area (Å²) in [6.07, 6.45) is 1.85. The molecule has 0 amide bonds. The maximum absolute atomic E-state index is 4.72. The van der Waals surface area contributed by atoms with Crippen LogP contribution in [0.3, 0.4) is 0 Å². The van der Waals surface area contributed by atoms with E-state index in [2.05, 4.69) is 60.3 Å². The quantitative estimate of drug-likeness (QED) is 0.535. The molecule has 24 heavy (non-hydrogen) atoms. The highest BCUT2D eigenvalue weighted by atomic mass is 15.5. The van der Waals surface area contributed by atoms with Gasteiger partial charge in [-0.3, -0.25) is 0 Å². The lowest BCUT2D eigenvalue weighted by Crippen LogP contribution is -2.14. The second-order valence-electron chi connectivity index (χ2n) is 5.80. The lowest BCUT2D eigenvalue weighted by Gasteiger charge is -2.01. The van der Waals surface area contributed by atoms with E-state index in [9.17, 15) is 0 Å². The fourth-order valence-corrected chi connectivity index (χ4v) is 2.54. The SMILES string of the molecule is C=CCNCc1nn(Cc2ccc(C)cc2)nc1-c1ccccc1. The van der Waals surface area contributed by atoms with Gasteiger partial charge in [-0.1, -0.05) is 66.2 Å². The first-order chi connectivity index (χ1) is 11.8. The van der Waals surface area contributed by atoms with Gasteiger partial charge in [-0.2, -0.15) is 15.0 Å². The van der Waals surface area contributed by atoms with Crippen molar-refractivity contribution in [2.75, 3.05) is 6.54 Å². The molecule has 122 valence electrons. The van der Waals surface area contributed by atoms with Crippen LogP contribution in [0.1, 0.15) is 16.8 Å². The number of nitrogens with one attached hydrogen (secondary N) is 1. The summed E-state index contributed by atoms with van der Waals surface area (Å²) >= 11 is 0. The Kier molecular flexibility index (Phi) is 5.18. The summed E-state index contributed by atoms with van der Waals surface area (Å²) in [4.78, 5) is 1.78. The van der Waals surface area contributed by atoms with Gasteiger partial charge in [0.05, 0.1) is 6.54 Å². The topological polar surface area (TPSA) is 42.7 Å². The predicted octanol–water partition coefficient (Wildman–Crippen LogP) is 3.58. The molecule has 1 heterocycles. The van der Waals surface area contributed by atoms with Gasteiger partial charge in [0.25, 0.3) is 0 Å². The van der Waals surface area contributed by atoms with Crippen LogP contribution in [0.5, 0.6) is 0 Å². The van der Waals surface area contributed by atoms with E-state index in [1.807, 2.05) is 24.3 Å². The predicted molar refractivity (Wildman–Crippen MR) is 97.6 cm³/mol. The number of benzene rings is 2. The number of aromatic nitrogens is 3. The number of hydrogen-bond acceptors (Lipinski definition) is 3. The van der Waals surface area contributed by atoms with E-state index in [0.717, 1.165) is 23.5 Å². The third kappa shape index (κ3) is 3.97. The lowest BCUT2D eigenvalue weighted by molar-refractivity contribution is 0.580. The van der Waals surface area contributed by atoms with Crippen molar-refractivity contribution in [3.63, 3.8) is 0 Å². The summed E-state index contributed by atoms with van der Waals surface area (Å²) in [6.45, 7) is 7.92. The van der Waals surface area contributed by atoms with Crippen molar-refractivity contribution in [2.24, 2.45) is 0 Å². The molecule has 3 rings (SSSR count). The van der Waals surface area contributed by atoms with E-state index >= 15 is 0 Å². The molecule has 0 aliphatic heterocycles. The molecule has 3 aromatic rings. The van der Waals surface area contributed by atoms with Crippen LogP contribution in [0, 0.1) is 6.92 Å². The molecule has 0 spiro atoms. The molecule has 0 unspecified atom stereocenters.